The van der Waals surface area contributed by atoms with E-state index in [1.165, 1.54) is 136 Å². The molecule has 0 aliphatic heterocycles. The van der Waals surface area contributed by atoms with E-state index in [0.717, 1.165) is 40.4 Å². The van der Waals surface area contributed by atoms with E-state index in [0.29, 0.717) is 40.2 Å². The maximum Gasteiger partial charge on any atom is 0.337 e. The van der Waals surface area contributed by atoms with Crippen LogP contribution in [0.25, 0.3) is 0 Å². The summed E-state index contributed by atoms with van der Waals surface area (Å²) in [7, 11) is 2.80. The number of nitrogens with zero attached hydrogens (tertiary/aromatic N) is 3. The van der Waals surface area contributed by atoms with Crippen LogP contribution in [0.2, 0.25) is 0 Å². The second-order valence-electron chi connectivity index (χ2n) is 19.3. The van der Waals surface area contributed by atoms with Gasteiger partial charge in [0.1, 0.15) is 0 Å². The van der Waals surface area contributed by atoms with Gasteiger partial charge in [-0.25, -0.2) is 19.2 Å². The van der Waals surface area contributed by atoms with E-state index in [1.807, 2.05) is 96.3 Å². The summed E-state index contributed by atoms with van der Waals surface area (Å²) in [5.41, 5.74) is 6.06. The zero-order chi connectivity index (χ0) is 50.9. The average molecular weight is 1000 g/mol. The van der Waals surface area contributed by atoms with E-state index in [2.05, 4.69) is 15.6 Å². The van der Waals surface area contributed by atoms with Gasteiger partial charge in [0.05, 0.1) is 37.1 Å². The van der Waals surface area contributed by atoms with Crippen molar-refractivity contribution in [2.45, 2.75) is 157 Å². The van der Waals surface area contributed by atoms with Gasteiger partial charge in [-0.2, -0.15) is 10.3 Å². The summed E-state index contributed by atoms with van der Waals surface area (Å²) >= 11 is 3.28. The van der Waals surface area contributed by atoms with Crippen molar-refractivity contribution in [3.63, 3.8) is 0 Å². The van der Waals surface area contributed by atoms with Gasteiger partial charge in [0.2, 0.25) is 6.08 Å². The summed E-state index contributed by atoms with van der Waals surface area (Å²) in [6, 6.07) is 33.1. The van der Waals surface area contributed by atoms with Crippen molar-refractivity contribution in [1.29, 1.82) is 5.26 Å². The molecule has 4 aromatic carbocycles. The number of carbonyl (C=O) groups is 3. The molecule has 4 aliphatic carbocycles. The van der Waals surface area contributed by atoms with Crippen LogP contribution in [0.15, 0.2) is 112 Å². The molecule has 0 saturated heterocycles. The molecular weight excluding hydrogens is 927 g/mol. The number of hydrogen-bond donors (Lipinski definition) is 2. The van der Waals surface area contributed by atoms with Gasteiger partial charge in [0.25, 0.3) is 0 Å². The lowest BCUT2D eigenvalue weighted by atomic mass is 9.64. The summed E-state index contributed by atoms with van der Waals surface area (Å²) in [5.74, 6) is -0.616. The van der Waals surface area contributed by atoms with E-state index in [4.69, 9.17) is 14.7 Å². The highest BCUT2D eigenvalue weighted by Gasteiger charge is 2.39. The van der Waals surface area contributed by atoms with Gasteiger partial charge in [0, 0.05) is 47.6 Å². The fourth-order valence-corrected chi connectivity index (χ4v) is 11.7. The molecule has 2 amide bonds. The average Bonchev–Trinajstić information content (AvgIpc) is 3.41. The van der Waals surface area contributed by atoms with Gasteiger partial charge < -0.3 is 25.0 Å². The number of isocyanates is 1. The molecule has 0 aromatic heterocycles. The van der Waals surface area contributed by atoms with Crippen LogP contribution in [0, 0.1) is 22.2 Å². The first-order valence-corrected chi connectivity index (χ1v) is 27.8. The molecule has 8 rings (SSSR count). The van der Waals surface area contributed by atoms with Gasteiger partial charge in [-0.15, -0.1) is 23.5 Å². The first kappa shape index (κ1) is 56.5. The lowest BCUT2D eigenvalue weighted by molar-refractivity contribution is 0.0592. The number of carbonyl (C=O) groups excluding carboxylic acids is 4. The molecule has 2 spiro atoms. The first-order chi connectivity index (χ1) is 34.5. The highest BCUT2D eigenvalue weighted by molar-refractivity contribution is 7.98. The van der Waals surface area contributed by atoms with Crippen LogP contribution in [-0.4, -0.2) is 67.8 Å². The zero-order valence-electron chi connectivity index (χ0n) is 42.6. The Morgan fingerprint density at radius 2 is 1.15 bits per heavy atom. The van der Waals surface area contributed by atoms with E-state index in [9.17, 15) is 19.2 Å². The number of ether oxygens (including phenoxy) is 2. The minimum absolute atomic E-state index is 0.0557. The largest absolute Gasteiger partial charge is 0.465 e. The molecule has 13 heteroatoms. The predicted octanol–water partition coefficient (Wildman–Crippen LogP) is 14.5. The molecule has 71 heavy (non-hydrogen) atoms. The number of aliphatic imine (C=N–C) groups is 1. The number of rotatable bonds is 12. The molecule has 4 saturated carbocycles. The van der Waals surface area contributed by atoms with Gasteiger partial charge in [-0.3, -0.25) is 0 Å². The normalized spacial score (nSPS) is 17.7. The summed E-state index contributed by atoms with van der Waals surface area (Å²) in [6.45, 7) is 2.84. The molecule has 4 aliphatic rings. The molecule has 0 bridgehead atoms. The molecule has 0 atom stereocenters. The maximum atomic E-state index is 13.5. The molecule has 4 aromatic rings. The minimum Gasteiger partial charge on any atom is -0.465 e. The van der Waals surface area contributed by atoms with Crippen molar-refractivity contribution >= 4 is 58.9 Å². The Morgan fingerprint density at radius 3 is 1.65 bits per heavy atom. The Balaban J connectivity index is 0.000000217. The van der Waals surface area contributed by atoms with Crippen LogP contribution in [-0.2, 0) is 27.4 Å². The van der Waals surface area contributed by atoms with Crippen molar-refractivity contribution in [3.8, 4) is 6.07 Å². The number of benzene rings is 4. The zero-order valence-corrected chi connectivity index (χ0v) is 44.3. The van der Waals surface area contributed by atoms with E-state index in [-0.39, 0.29) is 24.0 Å². The van der Waals surface area contributed by atoms with Gasteiger partial charge >= 0.3 is 18.0 Å². The highest BCUT2D eigenvalue weighted by Crippen LogP contribution is 2.49. The highest BCUT2D eigenvalue weighted by atomic mass is 32.2. The van der Waals surface area contributed by atoms with Crippen LogP contribution in [0.5, 0.6) is 0 Å². The molecule has 380 valence electrons. The number of thioether (sulfide) groups is 2. The topological polar surface area (TPSA) is 150 Å². The number of nitriles is 1. The lowest BCUT2D eigenvalue weighted by Gasteiger charge is -2.45. The Bertz CT molecular complexity index is 2350. The molecule has 0 unspecified atom stereocenters. The summed E-state index contributed by atoms with van der Waals surface area (Å²) in [6.07, 6.45) is 29.6. The summed E-state index contributed by atoms with van der Waals surface area (Å²) < 4.78 is 9.55. The number of esters is 2. The second-order valence-corrected chi connectivity index (χ2v) is 21.1. The Morgan fingerprint density at radius 1 is 0.676 bits per heavy atom. The van der Waals surface area contributed by atoms with Crippen molar-refractivity contribution in [3.05, 3.63) is 119 Å². The van der Waals surface area contributed by atoms with Crippen LogP contribution in [0.4, 0.5) is 16.2 Å². The van der Waals surface area contributed by atoms with E-state index >= 15 is 0 Å². The van der Waals surface area contributed by atoms with Crippen LogP contribution >= 0.6 is 23.5 Å². The van der Waals surface area contributed by atoms with Gasteiger partial charge in [0.15, 0.2) is 0 Å². The van der Waals surface area contributed by atoms with Crippen molar-refractivity contribution in [2.75, 3.05) is 32.0 Å². The Labute approximate surface area is 431 Å². The third kappa shape index (κ3) is 18.0. The van der Waals surface area contributed by atoms with E-state index < -0.39 is 0 Å². The Hall–Kier alpha value is -5.38. The lowest BCUT2D eigenvalue weighted by Crippen LogP contribution is -2.46. The standard InChI is InChI=1S/C28H36N2O3S.C20H29NO2.C8H7NOS.C2H3N/c1-33-26(31)22-11-9-21(10-12-22)20-30(27(32)29-23-7-6-8-25(19-23)34-2)24-13-17-28(18-14-24)15-4-3-5-16-28;1-23-19(22)17-7-5-16(6-8-17)15-21-18-9-13-20(14-10-18)11-3-2-4-12-20;1-11-8-4-2-3-7(5-8)9-6-10;1-2-3/h6-12,19,24H,3-5,13-18,20H2,1-2H3,(H,29,32);5-8,18,21H,2-4,9-15H2,1H3;2-5H,1H3;1H3. The first-order valence-electron chi connectivity index (χ1n) is 25.3. The Kier molecular flexibility index (Phi) is 23.8. The fraction of sp³-hybridized carbons (Fsp3) is 0.500. The maximum absolute atomic E-state index is 13.5. The molecule has 4 fully saturated rings. The SMILES string of the molecule is CC#N.COC(=O)c1ccc(CN(C(=O)Nc2cccc(SC)c2)C2CCC3(CCCCC3)CC2)cc1.COC(=O)c1ccc(CNC2CCC3(CCCCC3)CC2)cc1.CSc1cccc(N=C=O)c1. The van der Waals surface area contributed by atoms with Crippen LogP contribution in [0.3, 0.4) is 0 Å². The van der Waals surface area contributed by atoms with Gasteiger partial charge in [-0.05, 0) is 172 Å². The number of urea groups is 1. The number of hydrogen-bond acceptors (Lipinski definition) is 11. The quantitative estimate of drug-likeness (QED) is 0.0608. The third-order valence-corrected chi connectivity index (χ3v) is 16.3. The van der Waals surface area contributed by atoms with Crippen LogP contribution < -0.4 is 10.6 Å². The number of amides is 2. The van der Waals surface area contributed by atoms with Crippen molar-refractivity contribution in [2.24, 2.45) is 15.8 Å². The predicted molar refractivity (Wildman–Crippen MR) is 288 cm³/mol. The van der Waals surface area contributed by atoms with Crippen molar-refractivity contribution < 1.29 is 28.7 Å². The monoisotopic (exact) mass is 1000 g/mol. The second kappa shape index (κ2) is 29.8. The van der Waals surface area contributed by atoms with E-state index in [1.54, 1.807) is 47.8 Å². The summed E-state index contributed by atoms with van der Waals surface area (Å²) in [4.78, 5) is 54.4. The molecule has 2 N–H and O–H groups in total. The smallest absolute Gasteiger partial charge is 0.337 e. The van der Waals surface area contributed by atoms with Crippen molar-refractivity contribution in [1.82, 2.24) is 10.2 Å². The van der Waals surface area contributed by atoms with Gasteiger partial charge in [-0.1, -0.05) is 74.9 Å². The number of methoxy groups -OCH3 is 2. The number of nitrogens with one attached hydrogen (secondary N) is 2. The van der Waals surface area contributed by atoms with Crippen LogP contribution in [0.1, 0.15) is 154 Å². The third-order valence-electron chi connectivity index (χ3n) is 14.8. The fourth-order valence-electron chi connectivity index (χ4n) is 10.8. The molecule has 0 heterocycles. The molecule has 0 radical (unpaired) electrons. The minimum atomic E-state index is -0.347. The number of anilines is 1. The molecular formula is C58H75N5O6S2. The summed E-state index contributed by atoms with van der Waals surface area (Å²) in [5, 5.41) is 14.2. The molecule has 11 nitrogen and oxygen atoms in total.